The lowest BCUT2D eigenvalue weighted by atomic mass is 9.95. The van der Waals surface area contributed by atoms with Gasteiger partial charge in [-0.2, -0.15) is 0 Å². The van der Waals surface area contributed by atoms with Crippen LogP contribution >= 0.6 is 0 Å². The Balaban J connectivity index is 2.13. The first-order valence-electron chi connectivity index (χ1n) is 5.77. The molecule has 3 nitrogen and oxygen atoms in total. The lowest BCUT2D eigenvalue weighted by molar-refractivity contribution is -0.138. The number of carbonyl (C=O) groups excluding carboxylic acids is 1. The summed E-state index contributed by atoms with van der Waals surface area (Å²) in [6, 6.07) is 0.841. The SMILES string of the molecule is C=CC(=O)OCC(C)NC1CCCCC1. The molecule has 0 aromatic rings. The predicted molar refractivity (Wildman–Crippen MR) is 60.6 cm³/mol. The highest BCUT2D eigenvalue weighted by atomic mass is 16.5. The molecule has 0 heterocycles. The van der Waals surface area contributed by atoms with E-state index in [0.29, 0.717) is 12.6 Å². The fraction of sp³-hybridized carbons (Fsp3) is 0.750. The second-order valence-corrected chi connectivity index (χ2v) is 4.24. The first kappa shape index (κ1) is 12.2. The molecule has 1 aliphatic rings. The van der Waals surface area contributed by atoms with Gasteiger partial charge in [0, 0.05) is 18.2 Å². The molecule has 1 atom stereocenters. The van der Waals surface area contributed by atoms with Crippen molar-refractivity contribution in [2.24, 2.45) is 0 Å². The van der Waals surface area contributed by atoms with Crippen molar-refractivity contribution in [3.8, 4) is 0 Å². The van der Waals surface area contributed by atoms with E-state index < -0.39 is 0 Å². The van der Waals surface area contributed by atoms with Crippen molar-refractivity contribution < 1.29 is 9.53 Å². The van der Waals surface area contributed by atoms with E-state index in [1.807, 2.05) is 6.92 Å². The summed E-state index contributed by atoms with van der Waals surface area (Å²) in [6.45, 7) is 5.84. The lowest BCUT2D eigenvalue weighted by Gasteiger charge is -2.26. The third kappa shape index (κ3) is 4.98. The maximum absolute atomic E-state index is 10.8. The Bertz CT molecular complexity index is 210. The molecule has 1 unspecified atom stereocenters. The van der Waals surface area contributed by atoms with Gasteiger partial charge in [-0.3, -0.25) is 0 Å². The first-order chi connectivity index (χ1) is 7.22. The molecule has 1 aliphatic carbocycles. The van der Waals surface area contributed by atoms with E-state index in [2.05, 4.69) is 11.9 Å². The predicted octanol–water partition coefficient (Wildman–Crippen LogP) is 2.03. The van der Waals surface area contributed by atoms with Gasteiger partial charge < -0.3 is 10.1 Å². The quantitative estimate of drug-likeness (QED) is 0.558. The molecule has 0 bridgehead atoms. The van der Waals surface area contributed by atoms with Crippen molar-refractivity contribution in [2.45, 2.75) is 51.1 Å². The summed E-state index contributed by atoms with van der Waals surface area (Å²) in [7, 11) is 0. The van der Waals surface area contributed by atoms with Gasteiger partial charge in [-0.1, -0.05) is 25.8 Å². The standard InChI is InChI=1S/C12H21NO2/c1-3-12(14)15-9-10(2)13-11-7-5-4-6-8-11/h3,10-11,13H,1,4-9H2,2H3. The van der Waals surface area contributed by atoms with Crippen LogP contribution in [0.5, 0.6) is 0 Å². The maximum atomic E-state index is 10.8. The Kier molecular flexibility index (Phi) is 5.40. The monoisotopic (exact) mass is 211 g/mol. The summed E-state index contributed by atoms with van der Waals surface area (Å²) in [5, 5.41) is 3.49. The third-order valence-electron chi connectivity index (χ3n) is 2.77. The van der Waals surface area contributed by atoms with Crippen LogP contribution in [0.4, 0.5) is 0 Å². The van der Waals surface area contributed by atoms with Crippen LogP contribution in [-0.2, 0) is 9.53 Å². The molecule has 0 amide bonds. The Morgan fingerprint density at radius 3 is 2.80 bits per heavy atom. The Morgan fingerprint density at radius 1 is 1.53 bits per heavy atom. The number of ether oxygens (including phenoxy) is 1. The van der Waals surface area contributed by atoms with Crippen molar-refractivity contribution in [2.75, 3.05) is 6.61 Å². The van der Waals surface area contributed by atoms with Gasteiger partial charge in [0.1, 0.15) is 6.61 Å². The molecule has 0 aliphatic heterocycles. The third-order valence-corrected chi connectivity index (χ3v) is 2.77. The molecule has 1 fully saturated rings. The number of nitrogens with one attached hydrogen (secondary N) is 1. The topological polar surface area (TPSA) is 38.3 Å². The van der Waals surface area contributed by atoms with Gasteiger partial charge in [-0.25, -0.2) is 4.79 Å². The van der Waals surface area contributed by atoms with Crippen LogP contribution in [0.1, 0.15) is 39.0 Å². The van der Waals surface area contributed by atoms with Crippen LogP contribution in [0, 0.1) is 0 Å². The average Bonchev–Trinajstić information content (AvgIpc) is 2.27. The molecule has 3 heteroatoms. The van der Waals surface area contributed by atoms with Crippen molar-refractivity contribution in [1.29, 1.82) is 0 Å². The first-order valence-corrected chi connectivity index (χ1v) is 5.77. The molecule has 1 N–H and O–H groups in total. The van der Waals surface area contributed by atoms with Gasteiger partial charge in [-0.05, 0) is 19.8 Å². The smallest absolute Gasteiger partial charge is 0.330 e. The number of carbonyl (C=O) groups is 1. The number of hydrogen-bond donors (Lipinski definition) is 1. The molecule has 0 radical (unpaired) electrons. The van der Waals surface area contributed by atoms with E-state index >= 15 is 0 Å². The van der Waals surface area contributed by atoms with Gasteiger partial charge >= 0.3 is 5.97 Å². The fourth-order valence-electron chi connectivity index (χ4n) is 1.99. The molecule has 0 aromatic carbocycles. The van der Waals surface area contributed by atoms with Gasteiger partial charge in [0.05, 0.1) is 0 Å². The van der Waals surface area contributed by atoms with E-state index in [1.165, 1.54) is 38.2 Å². The van der Waals surface area contributed by atoms with Crippen molar-refractivity contribution in [3.05, 3.63) is 12.7 Å². The minimum absolute atomic E-state index is 0.233. The minimum atomic E-state index is -0.340. The van der Waals surface area contributed by atoms with Crippen molar-refractivity contribution >= 4 is 5.97 Å². The average molecular weight is 211 g/mol. The summed E-state index contributed by atoms with van der Waals surface area (Å²) < 4.78 is 4.98. The van der Waals surface area contributed by atoms with Gasteiger partial charge in [0.15, 0.2) is 0 Å². The molecule has 0 saturated heterocycles. The van der Waals surface area contributed by atoms with Crippen molar-refractivity contribution in [3.63, 3.8) is 0 Å². The Labute approximate surface area is 91.9 Å². The summed E-state index contributed by atoms with van der Waals surface area (Å²) in [5.74, 6) is -0.340. The van der Waals surface area contributed by atoms with E-state index in [1.54, 1.807) is 0 Å². The summed E-state index contributed by atoms with van der Waals surface area (Å²) in [5.41, 5.74) is 0. The summed E-state index contributed by atoms with van der Waals surface area (Å²) >= 11 is 0. The normalized spacial score (nSPS) is 19.5. The largest absolute Gasteiger partial charge is 0.461 e. The maximum Gasteiger partial charge on any atom is 0.330 e. The molecule has 1 rings (SSSR count). The minimum Gasteiger partial charge on any atom is -0.461 e. The van der Waals surface area contributed by atoms with Crippen LogP contribution in [0.25, 0.3) is 0 Å². The summed E-state index contributed by atoms with van der Waals surface area (Å²) in [6.07, 6.45) is 7.69. The van der Waals surface area contributed by atoms with Gasteiger partial charge in [0.25, 0.3) is 0 Å². The highest BCUT2D eigenvalue weighted by Crippen LogP contribution is 2.17. The van der Waals surface area contributed by atoms with Crippen LogP contribution in [-0.4, -0.2) is 24.7 Å². The van der Waals surface area contributed by atoms with Crippen LogP contribution in [0.2, 0.25) is 0 Å². The summed E-state index contributed by atoms with van der Waals surface area (Å²) in [4.78, 5) is 10.8. The molecular weight excluding hydrogens is 190 g/mol. The molecule has 86 valence electrons. The zero-order valence-corrected chi connectivity index (χ0v) is 9.50. The molecule has 0 aromatic heterocycles. The molecule has 15 heavy (non-hydrogen) atoms. The van der Waals surface area contributed by atoms with Crippen molar-refractivity contribution in [1.82, 2.24) is 5.32 Å². The van der Waals surface area contributed by atoms with Crippen LogP contribution < -0.4 is 5.32 Å². The second kappa shape index (κ2) is 6.62. The van der Waals surface area contributed by atoms with E-state index in [9.17, 15) is 4.79 Å². The van der Waals surface area contributed by atoms with Gasteiger partial charge in [-0.15, -0.1) is 0 Å². The number of rotatable bonds is 5. The highest BCUT2D eigenvalue weighted by Gasteiger charge is 2.15. The van der Waals surface area contributed by atoms with E-state index in [-0.39, 0.29) is 12.0 Å². The fourth-order valence-corrected chi connectivity index (χ4v) is 1.99. The molecular formula is C12H21NO2. The Hall–Kier alpha value is -0.830. The van der Waals surface area contributed by atoms with Crippen LogP contribution in [0.3, 0.4) is 0 Å². The van der Waals surface area contributed by atoms with E-state index in [4.69, 9.17) is 4.74 Å². The number of hydrogen-bond acceptors (Lipinski definition) is 3. The van der Waals surface area contributed by atoms with Gasteiger partial charge in [0.2, 0.25) is 0 Å². The highest BCUT2D eigenvalue weighted by molar-refractivity contribution is 5.81. The molecule has 1 saturated carbocycles. The van der Waals surface area contributed by atoms with Crippen LogP contribution in [0.15, 0.2) is 12.7 Å². The zero-order chi connectivity index (χ0) is 11.1. The lowest BCUT2D eigenvalue weighted by Crippen LogP contribution is -2.40. The zero-order valence-electron chi connectivity index (χ0n) is 9.50. The molecule has 0 spiro atoms. The number of esters is 1. The Morgan fingerprint density at radius 2 is 2.20 bits per heavy atom. The van der Waals surface area contributed by atoms with E-state index in [0.717, 1.165) is 0 Å². The second-order valence-electron chi connectivity index (χ2n) is 4.24.